The molecule has 0 radical (unpaired) electrons. The summed E-state index contributed by atoms with van der Waals surface area (Å²) >= 11 is 5.89. The third-order valence-electron chi connectivity index (χ3n) is 3.34. The Kier molecular flexibility index (Phi) is 4.53. The van der Waals surface area contributed by atoms with Crippen molar-refractivity contribution in [2.75, 3.05) is 13.2 Å². The summed E-state index contributed by atoms with van der Waals surface area (Å²) in [6, 6.07) is 14.1. The first kappa shape index (κ1) is 15.4. The van der Waals surface area contributed by atoms with Crippen molar-refractivity contribution in [2.45, 2.75) is 6.92 Å². The highest BCUT2D eigenvalue weighted by atomic mass is 35.5. The average molecular weight is 331 g/mol. The summed E-state index contributed by atoms with van der Waals surface area (Å²) in [5, 5.41) is 1.52. The summed E-state index contributed by atoms with van der Waals surface area (Å²) in [6.45, 7) is 2.63. The van der Waals surface area contributed by atoms with Gasteiger partial charge in [-0.2, -0.15) is 0 Å². The molecule has 0 saturated carbocycles. The average Bonchev–Trinajstić information content (AvgIpc) is 2.51. The first-order chi connectivity index (χ1) is 11.1. The molecule has 0 atom stereocenters. The van der Waals surface area contributed by atoms with Crippen molar-refractivity contribution in [1.29, 1.82) is 0 Å². The molecular weight excluding hydrogens is 316 g/mol. The van der Waals surface area contributed by atoms with Crippen molar-refractivity contribution >= 4 is 22.6 Å². The molecule has 1 aromatic heterocycles. The SMILES string of the molecule is Cc1cc(=O)oc2cc(OCCOc3cccc(Cl)c3)ccc12. The van der Waals surface area contributed by atoms with Crippen LogP contribution in [0.5, 0.6) is 11.5 Å². The number of aryl methyl sites for hydroxylation is 1. The lowest BCUT2D eigenvalue weighted by molar-refractivity contribution is 0.217. The molecule has 3 rings (SSSR count). The van der Waals surface area contributed by atoms with Crippen molar-refractivity contribution < 1.29 is 13.9 Å². The Bertz CT molecular complexity index is 886. The van der Waals surface area contributed by atoms with E-state index in [9.17, 15) is 4.79 Å². The van der Waals surface area contributed by atoms with Gasteiger partial charge in [0.2, 0.25) is 0 Å². The van der Waals surface area contributed by atoms with Crippen LogP contribution in [-0.4, -0.2) is 13.2 Å². The fourth-order valence-electron chi connectivity index (χ4n) is 2.27. The van der Waals surface area contributed by atoms with E-state index in [4.69, 9.17) is 25.5 Å². The maximum absolute atomic E-state index is 11.4. The van der Waals surface area contributed by atoms with Crippen LogP contribution in [-0.2, 0) is 0 Å². The van der Waals surface area contributed by atoms with Gasteiger partial charge in [0, 0.05) is 22.5 Å². The highest BCUT2D eigenvalue weighted by Gasteiger charge is 2.04. The minimum absolute atomic E-state index is 0.364. The van der Waals surface area contributed by atoms with E-state index in [2.05, 4.69) is 0 Å². The molecule has 118 valence electrons. The molecule has 0 saturated heterocycles. The van der Waals surface area contributed by atoms with Crippen LogP contribution < -0.4 is 15.1 Å². The molecule has 4 nitrogen and oxygen atoms in total. The molecule has 0 aliphatic heterocycles. The highest BCUT2D eigenvalue weighted by Crippen LogP contribution is 2.22. The number of hydrogen-bond donors (Lipinski definition) is 0. The van der Waals surface area contributed by atoms with E-state index in [1.54, 1.807) is 18.2 Å². The molecule has 0 bridgehead atoms. The Morgan fingerprint density at radius 1 is 1.00 bits per heavy atom. The molecule has 5 heteroatoms. The van der Waals surface area contributed by atoms with Crippen molar-refractivity contribution in [1.82, 2.24) is 0 Å². The van der Waals surface area contributed by atoms with Crippen molar-refractivity contribution in [2.24, 2.45) is 0 Å². The number of halogens is 1. The molecule has 0 aliphatic carbocycles. The zero-order chi connectivity index (χ0) is 16.2. The minimum Gasteiger partial charge on any atom is -0.490 e. The third kappa shape index (κ3) is 3.85. The van der Waals surface area contributed by atoms with Gasteiger partial charge in [0.15, 0.2) is 0 Å². The lowest BCUT2D eigenvalue weighted by Crippen LogP contribution is -2.09. The largest absolute Gasteiger partial charge is 0.490 e. The first-order valence-electron chi connectivity index (χ1n) is 7.17. The van der Waals surface area contributed by atoms with E-state index in [-0.39, 0.29) is 5.63 Å². The van der Waals surface area contributed by atoms with Gasteiger partial charge in [0.25, 0.3) is 0 Å². The molecule has 3 aromatic rings. The van der Waals surface area contributed by atoms with E-state index in [1.807, 2.05) is 31.2 Å². The van der Waals surface area contributed by atoms with Crippen molar-refractivity contribution in [3.8, 4) is 11.5 Å². The highest BCUT2D eigenvalue weighted by molar-refractivity contribution is 6.30. The molecule has 0 amide bonds. The van der Waals surface area contributed by atoms with Crippen LogP contribution in [0.2, 0.25) is 5.02 Å². The summed E-state index contributed by atoms with van der Waals surface area (Å²) in [5.74, 6) is 1.32. The van der Waals surface area contributed by atoms with E-state index in [1.165, 1.54) is 6.07 Å². The van der Waals surface area contributed by atoms with Crippen LogP contribution in [0.15, 0.2) is 57.7 Å². The molecule has 0 aliphatic rings. The summed E-state index contributed by atoms with van der Waals surface area (Å²) in [6.07, 6.45) is 0. The topological polar surface area (TPSA) is 48.7 Å². The molecule has 0 spiro atoms. The smallest absolute Gasteiger partial charge is 0.336 e. The predicted octanol–water partition coefficient (Wildman–Crippen LogP) is 4.21. The Morgan fingerprint density at radius 2 is 1.74 bits per heavy atom. The molecule has 2 aromatic carbocycles. The van der Waals surface area contributed by atoms with Crippen molar-refractivity contribution in [3.63, 3.8) is 0 Å². The molecular formula is C18H15ClO4. The van der Waals surface area contributed by atoms with Gasteiger partial charge in [-0.25, -0.2) is 4.79 Å². The lowest BCUT2D eigenvalue weighted by atomic mass is 10.1. The summed E-state index contributed by atoms with van der Waals surface area (Å²) in [5.41, 5.74) is 1.03. The van der Waals surface area contributed by atoms with Crippen LogP contribution in [0, 0.1) is 6.92 Å². The van der Waals surface area contributed by atoms with E-state index in [0.29, 0.717) is 35.3 Å². The van der Waals surface area contributed by atoms with Crippen molar-refractivity contribution in [3.05, 3.63) is 69.5 Å². The second-order valence-electron chi connectivity index (χ2n) is 5.06. The first-order valence-corrected chi connectivity index (χ1v) is 7.55. The standard InChI is InChI=1S/C18H15ClO4/c1-12-9-18(20)23-17-11-15(5-6-16(12)17)22-8-7-21-14-4-2-3-13(19)10-14/h2-6,9-11H,7-8H2,1H3. The Balaban J connectivity index is 1.62. The normalized spacial score (nSPS) is 10.7. The fourth-order valence-corrected chi connectivity index (χ4v) is 2.45. The number of hydrogen-bond acceptors (Lipinski definition) is 4. The quantitative estimate of drug-likeness (QED) is 0.519. The van der Waals surface area contributed by atoms with E-state index >= 15 is 0 Å². The number of rotatable bonds is 5. The molecule has 1 heterocycles. The van der Waals surface area contributed by atoms with E-state index < -0.39 is 0 Å². The maximum Gasteiger partial charge on any atom is 0.336 e. The van der Waals surface area contributed by atoms with Crippen LogP contribution >= 0.6 is 11.6 Å². The van der Waals surface area contributed by atoms with Gasteiger partial charge in [-0.1, -0.05) is 17.7 Å². The number of benzene rings is 2. The third-order valence-corrected chi connectivity index (χ3v) is 3.57. The lowest BCUT2D eigenvalue weighted by Gasteiger charge is -2.09. The van der Waals surface area contributed by atoms with Crippen LogP contribution in [0.4, 0.5) is 0 Å². The van der Waals surface area contributed by atoms with Gasteiger partial charge in [-0.15, -0.1) is 0 Å². The Morgan fingerprint density at radius 3 is 2.48 bits per heavy atom. The summed E-state index contributed by atoms with van der Waals surface area (Å²) < 4.78 is 16.4. The second-order valence-corrected chi connectivity index (χ2v) is 5.50. The van der Waals surface area contributed by atoms with Crippen LogP contribution in [0.1, 0.15) is 5.56 Å². The summed E-state index contributed by atoms with van der Waals surface area (Å²) in [7, 11) is 0. The van der Waals surface area contributed by atoms with Gasteiger partial charge in [0.1, 0.15) is 30.3 Å². The monoisotopic (exact) mass is 330 g/mol. The zero-order valence-corrected chi connectivity index (χ0v) is 13.3. The molecule has 0 N–H and O–H groups in total. The Hall–Kier alpha value is -2.46. The second kappa shape index (κ2) is 6.75. The van der Waals surface area contributed by atoms with E-state index in [0.717, 1.165) is 10.9 Å². The minimum atomic E-state index is -0.364. The van der Waals surface area contributed by atoms with Crippen LogP contribution in [0.25, 0.3) is 11.0 Å². The van der Waals surface area contributed by atoms with Gasteiger partial charge >= 0.3 is 5.63 Å². The maximum atomic E-state index is 11.4. The molecule has 0 unspecified atom stereocenters. The molecule has 23 heavy (non-hydrogen) atoms. The Labute approximate surface area is 138 Å². The van der Waals surface area contributed by atoms with Gasteiger partial charge in [0.05, 0.1) is 0 Å². The zero-order valence-electron chi connectivity index (χ0n) is 12.5. The number of fused-ring (bicyclic) bond motifs is 1. The van der Waals surface area contributed by atoms with Crippen LogP contribution in [0.3, 0.4) is 0 Å². The summed E-state index contributed by atoms with van der Waals surface area (Å²) in [4.78, 5) is 11.4. The predicted molar refractivity (Wildman–Crippen MR) is 89.7 cm³/mol. The fraction of sp³-hybridized carbons (Fsp3) is 0.167. The number of ether oxygens (including phenoxy) is 2. The van der Waals surface area contributed by atoms with Gasteiger partial charge in [-0.05, 0) is 42.8 Å². The van der Waals surface area contributed by atoms with Gasteiger partial charge in [-0.3, -0.25) is 0 Å². The molecule has 0 fully saturated rings. The van der Waals surface area contributed by atoms with Gasteiger partial charge < -0.3 is 13.9 Å².